The maximum Gasteiger partial charge on any atom is 0.131 e. The second-order valence-electron chi connectivity index (χ2n) is 5.52. The van der Waals surface area contributed by atoms with E-state index in [0.717, 1.165) is 12.0 Å². The minimum atomic E-state index is -0.271. The van der Waals surface area contributed by atoms with E-state index in [1.54, 1.807) is 6.92 Å². The lowest BCUT2D eigenvalue weighted by atomic mass is 9.81. The van der Waals surface area contributed by atoms with Crippen LogP contribution in [0.1, 0.15) is 57.7 Å². The fourth-order valence-electron chi connectivity index (χ4n) is 1.85. The molecule has 1 rings (SSSR count). The molecular formula is C15H22ClNO. The van der Waals surface area contributed by atoms with Crippen LogP contribution in [0.2, 0.25) is 5.02 Å². The molecule has 1 atom stereocenters. The lowest BCUT2D eigenvalue weighted by Crippen LogP contribution is -2.18. The number of halogens is 1. The summed E-state index contributed by atoms with van der Waals surface area (Å²) in [5.74, 6) is 0.0961. The van der Waals surface area contributed by atoms with Crippen molar-refractivity contribution in [3.8, 4) is 0 Å². The fourth-order valence-corrected chi connectivity index (χ4v) is 2.09. The van der Waals surface area contributed by atoms with Crippen molar-refractivity contribution >= 4 is 17.4 Å². The summed E-state index contributed by atoms with van der Waals surface area (Å²) in [6.45, 7) is 8.06. The summed E-state index contributed by atoms with van der Waals surface area (Å²) in [5.41, 5.74) is 8.22. The second-order valence-corrected chi connectivity index (χ2v) is 5.96. The molecule has 0 aliphatic rings. The summed E-state index contributed by atoms with van der Waals surface area (Å²) >= 11 is 6.15. The predicted molar refractivity (Wildman–Crippen MR) is 77.0 cm³/mol. The topological polar surface area (TPSA) is 43.1 Å². The molecule has 1 aromatic rings. The highest BCUT2D eigenvalue weighted by Crippen LogP contribution is 2.31. The molecule has 0 aliphatic heterocycles. The Kier molecular flexibility index (Phi) is 4.94. The Morgan fingerprint density at radius 3 is 2.50 bits per heavy atom. The van der Waals surface area contributed by atoms with Gasteiger partial charge in [0.2, 0.25) is 0 Å². The van der Waals surface area contributed by atoms with Crippen molar-refractivity contribution in [1.82, 2.24) is 0 Å². The first-order valence-electron chi connectivity index (χ1n) is 6.32. The van der Waals surface area contributed by atoms with Crippen molar-refractivity contribution in [1.29, 1.82) is 0 Å². The third-order valence-electron chi connectivity index (χ3n) is 3.52. The SMILES string of the molecule is CCC(C)(C)c1cc(Cl)cc([C@@H](N)CC(C)=O)c1. The molecular weight excluding hydrogens is 246 g/mol. The number of hydrogen-bond donors (Lipinski definition) is 1. The van der Waals surface area contributed by atoms with Crippen molar-refractivity contribution in [3.63, 3.8) is 0 Å². The van der Waals surface area contributed by atoms with Gasteiger partial charge in [0.1, 0.15) is 5.78 Å². The molecule has 0 amide bonds. The van der Waals surface area contributed by atoms with E-state index in [2.05, 4.69) is 26.8 Å². The number of benzene rings is 1. The van der Waals surface area contributed by atoms with Gasteiger partial charge in [-0.1, -0.05) is 38.4 Å². The van der Waals surface area contributed by atoms with Crippen LogP contribution in [-0.2, 0) is 10.2 Å². The van der Waals surface area contributed by atoms with Crippen LogP contribution in [0.5, 0.6) is 0 Å². The first kappa shape index (κ1) is 15.2. The van der Waals surface area contributed by atoms with Crippen LogP contribution < -0.4 is 5.73 Å². The fraction of sp³-hybridized carbons (Fsp3) is 0.533. The third kappa shape index (κ3) is 3.82. The van der Waals surface area contributed by atoms with E-state index in [0.29, 0.717) is 11.4 Å². The van der Waals surface area contributed by atoms with E-state index in [-0.39, 0.29) is 17.2 Å². The number of Topliss-reactive ketones (excluding diaryl/α,β-unsaturated/α-hetero) is 1. The molecule has 2 N–H and O–H groups in total. The summed E-state index contributed by atoms with van der Waals surface area (Å²) < 4.78 is 0. The van der Waals surface area contributed by atoms with Gasteiger partial charge in [-0.25, -0.2) is 0 Å². The van der Waals surface area contributed by atoms with Gasteiger partial charge < -0.3 is 5.73 Å². The summed E-state index contributed by atoms with van der Waals surface area (Å²) in [5, 5.41) is 0.683. The van der Waals surface area contributed by atoms with Gasteiger partial charge in [-0.15, -0.1) is 0 Å². The van der Waals surface area contributed by atoms with Crippen LogP contribution in [0, 0.1) is 0 Å². The van der Waals surface area contributed by atoms with Crippen LogP contribution in [0.4, 0.5) is 0 Å². The molecule has 0 bridgehead atoms. The molecule has 100 valence electrons. The largest absolute Gasteiger partial charge is 0.324 e. The average Bonchev–Trinajstić information content (AvgIpc) is 2.27. The van der Waals surface area contributed by atoms with E-state index in [1.165, 1.54) is 5.56 Å². The Labute approximate surface area is 115 Å². The molecule has 0 aromatic heterocycles. The summed E-state index contributed by atoms with van der Waals surface area (Å²) in [4.78, 5) is 11.1. The number of carbonyl (C=O) groups is 1. The third-order valence-corrected chi connectivity index (χ3v) is 3.74. The molecule has 0 fully saturated rings. The van der Waals surface area contributed by atoms with Crippen molar-refractivity contribution in [2.24, 2.45) is 5.73 Å². The first-order valence-corrected chi connectivity index (χ1v) is 6.70. The molecule has 0 heterocycles. The van der Waals surface area contributed by atoms with Crippen molar-refractivity contribution in [2.75, 3.05) is 0 Å². The first-order chi connectivity index (χ1) is 8.26. The van der Waals surface area contributed by atoms with Crippen LogP contribution in [0.3, 0.4) is 0 Å². The Bertz CT molecular complexity index is 440. The molecule has 3 heteroatoms. The molecule has 0 spiro atoms. The zero-order valence-electron chi connectivity index (χ0n) is 11.6. The normalized spacial score (nSPS) is 13.4. The molecule has 2 nitrogen and oxygen atoms in total. The highest BCUT2D eigenvalue weighted by atomic mass is 35.5. The van der Waals surface area contributed by atoms with Crippen LogP contribution in [0.25, 0.3) is 0 Å². The van der Waals surface area contributed by atoms with Crippen molar-refractivity contribution < 1.29 is 4.79 Å². The number of nitrogens with two attached hydrogens (primary N) is 1. The smallest absolute Gasteiger partial charge is 0.131 e. The quantitative estimate of drug-likeness (QED) is 0.876. The van der Waals surface area contributed by atoms with Crippen molar-refractivity contribution in [3.05, 3.63) is 34.3 Å². The van der Waals surface area contributed by atoms with Crippen LogP contribution >= 0.6 is 11.6 Å². The van der Waals surface area contributed by atoms with E-state index in [9.17, 15) is 4.79 Å². The summed E-state index contributed by atoms with van der Waals surface area (Å²) in [6, 6.07) is 5.63. The van der Waals surface area contributed by atoms with Gasteiger partial charge in [-0.2, -0.15) is 0 Å². The number of carbonyl (C=O) groups excluding carboxylic acids is 1. The minimum absolute atomic E-state index is 0.0651. The van der Waals surface area contributed by atoms with Crippen LogP contribution in [-0.4, -0.2) is 5.78 Å². The Morgan fingerprint density at radius 1 is 1.39 bits per heavy atom. The van der Waals surface area contributed by atoms with E-state index >= 15 is 0 Å². The lowest BCUT2D eigenvalue weighted by molar-refractivity contribution is -0.117. The number of hydrogen-bond acceptors (Lipinski definition) is 2. The van der Waals surface area contributed by atoms with Crippen LogP contribution in [0.15, 0.2) is 18.2 Å². The molecule has 0 saturated heterocycles. The maximum absolute atomic E-state index is 11.1. The highest BCUT2D eigenvalue weighted by Gasteiger charge is 2.20. The molecule has 0 radical (unpaired) electrons. The van der Waals surface area contributed by atoms with E-state index < -0.39 is 0 Å². The monoisotopic (exact) mass is 267 g/mol. The summed E-state index contributed by atoms with van der Waals surface area (Å²) in [7, 11) is 0. The Balaban J connectivity index is 3.12. The van der Waals surface area contributed by atoms with Gasteiger partial charge in [0.05, 0.1) is 0 Å². The molecule has 0 aliphatic carbocycles. The number of rotatable bonds is 5. The van der Waals surface area contributed by atoms with Gasteiger partial charge in [-0.3, -0.25) is 4.79 Å². The van der Waals surface area contributed by atoms with Gasteiger partial charge in [-0.05, 0) is 42.0 Å². The molecule has 0 unspecified atom stereocenters. The minimum Gasteiger partial charge on any atom is -0.324 e. The van der Waals surface area contributed by atoms with Gasteiger partial charge in [0.15, 0.2) is 0 Å². The molecule has 0 saturated carbocycles. The second kappa shape index (κ2) is 5.85. The Morgan fingerprint density at radius 2 is 2.00 bits per heavy atom. The zero-order chi connectivity index (χ0) is 13.9. The van der Waals surface area contributed by atoms with Gasteiger partial charge in [0, 0.05) is 17.5 Å². The van der Waals surface area contributed by atoms with E-state index in [4.69, 9.17) is 17.3 Å². The standard InChI is InChI=1S/C15H22ClNO/c1-5-15(3,4)12-7-11(8-13(16)9-12)14(17)6-10(2)18/h7-9,14H,5-6,17H2,1-4H3/t14-/m0/s1. The predicted octanol–water partition coefficient (Wildman–Crippen LogP) is 4.01. The lowest BCUT2D eigenvalue weighted by Gasteiger charge is -2.25. The molecule has 18 heavy (non-hydrogen) atoms. The maximum atomic E-state index is 11.1. The van der Waals surface area contributed by atoms with E-state index in [1.807, 2.05) is 12.1 Å². The van der Waals surface area contributed by atoms with Gasteiger partial charge >= 0.3 is 0 Å². The average molecular weight is 268 g/mol. The molecule has 1 aromatic carbocycles. The van der Waals surface area contributed by atoms with Crippen molar-refractivity contribution in [2.45, 2.75) is 52.0 Å². The zero-order valence-corrected chi connectivity index (χ0v) is 12.3. The Hall–Kier alpha value is -0.860. The number of ketones is 1. The van der Waals surface area contributed by atoms with Gasteiger partial charge in [0.25, 0.3) is 0 Å². The highest BCUT2D eigenvalue weighted by molar-refractivity contribution is 6.30. The summed E-state index contributed by atoms with van der Waals surface area (Å²) in [6.07, 6.45) is 1.38.